The normalized spacial score (nSPS) is 10.8. The van der Waals surface area contributed by atoms with Crippen molar-refractivity contribution in [1.82, 2.24) is 19.6 Å². The molecule has 0 fully saturated rings. The van der Waals surface area contributed by atoms with Crippen LogP contribution in [0.2, 0.25) is 0 Å². The summed E-state index contributed by atoms with van der Waals surface area (Å²) < 4.78 is 1.80. The number of anilines is 1. The second-order valence-corrected chi connectivity index (χ2v) is 3.39. The summed E-state index contributed by atoms with van der Waals surface area (Å²) in [5.41, 5.74) is 8.30. The van der Waals surface area contributed by atoms with Crippen molar-refractivity contribution < 1.29 is 0 Å². The van der Waals surface area contributed by atoms with Crippen molar-refractivity contribution in [1.29, 1.82) is 0 Å². The largest absolute Gasteiger partial charge is 0.368 e. The van der Waals surface area contributed by atoms with E-state index in [1.807, 2.05) is 30.5 Å². The van der Waals surface area contributed by atoms with Crippen LogP contribution in [0, 0.1) is 0 Å². The van der Waals surface area contributed by atoms with E-state index in [1.54, 1.807) is 16.9 Å². The molecule has 16 heavy (non-hydrogen) atoms. The van der Waals surface area contributed by atoms with Gasteiger partial charge in [0.05, 0.1) is 17.4 Å². The Hall–Kier alpha value is -2.43. The third kappa shape index (κ3) is 1.30. The van der Waals surface area contributed by atoms with Gasteiger partial charge in [0, 0.05) is 18.0 Å². The molecule has 0 aromatic carbocycles. The van der Waals surface area contributed by atoms with Crippen LogP contribution in [0.5, 0.6) is 0 Å². The maximum Gasteiger partial charge on any atom is 0.220 e. The van der Waals surface area contributed by atoms with Gasteiger partial charge in [0.2, 0.25) is 5.95 Å². The molecule has 3 aromatic rings. The number of nitrogens with two attached hydrogens (primary N) is 1. The average Bonchev–Trinajstić information content (AvgIpc) is 2.72. The molecule has 0 bridgehead atoms. The first-order valence-corrected chi connectivity index (χ1v) is 4.86. The van der Waals surface area contributed by atoms with Gasteiger partial charge in [-0.15, -0.1) is 0 Å². The van der Waals surface area contributed by atoms with Gasteiger partial charge in [0.15, 0.2) is 0 Å². The molecule has 3 heterocycles. The lowest BCUT2D eigenvalue weighted by molar-refractivity contribution is 0.961. The van der Waals surface area contributed by atoms with Gasteiger partial charge in [0.25, 0.3) is 0 Å². The van der Waals surface area contributed by atoms with Crippen LogP contribution in [-0.2, 0) is 0 Å². The molecule has 5 nitrogen and oxygen atoms in total. The lowest BCUT2D eigenvalue weighted by atomic mass is 10.2. The quantitative estimate of drug-likeness (QED) is 0.660. The van der Waals surface area contributed by atoms with Gasteiger partial charge >= 0.3 is 0 Å². The molecular weight excluding hydrogens is 202 g/mol. The topological polar surface area (TPSA) is 69.1 Å². The number of rotatable bonds is 1. The van der Waals surface area contributed by atoms with Crippen LogP contribution in [0.1, 0.15) is 0 Å². The Balaban J connectivity index is 2.26. The Labute approximate surface area is 91.6 Å². The molecule has 0 radical (unpaired) electrons. The molecule has 0 amide bonds. The lowest BCUT2D eigenvalue weighted by Gasteiger charge is -1.98. The lowest BCUT2D eigenvalue weighted by Crippen LogP contribution is -1.94. The molecule has 0 aliphatic carbocycles. The van der Waals surface area contributed by atoms with Crippen molar-refractivity contribution in [2.24, 2.45) is 0 Å². The molecule has 2 N–H and O–H groups in total. The predicted octanol–water partition coefficient (Wildman–Crippen LogP) is 1.37. The molecule has 0 saturated carbocycles. The van der Waals surface area contributed by atoms with Crippen LogP contribution in [0.4, 0.5) is 5.95 Å². The Kier molecular flexibility index (Phi) is 1.83. The summed E-state index contributed by atoms with van der Waals surface area (Å²) in [6.07, 6.45) is 5.31. The van der Waals surface area contributed by atoms with Crippen molar-refractivity contribution in [3.05, 3.63) is 42.9 Å². The SMILES string of the molecule is Nc1nccc(-c2cnn3ccccc23)n1. The first-order chi connectivity index (χ1) is 7.84. The Morgan fingerprint density at radius 1 is 1.19 bits per heavy atom. The predicted molar refractivity (Wildman–Crippen MR) is 60.6 cm³/mol. The molecule has 0 atom stereocenters. The number of pyridine rings is 1. The highest BCUT2D eigenvalue weighted by Crippen LogP contribution is 2.22. The molecular formula is C11H9N5. The first-order valence-electron chi connectivity index (χ1n) is 4.86. The highest BCUT2D eigenvalue weighted by Gasteiger charge is 2.07. The molecule has 0 aliphatic heterocycles. The van der Waals surface area contributed by atoms with Crippen LogP contribution >= 0.6 is 0 Å². The minimum atomic E-state index is 0.271. The standard InChI is InChI=1S/C11H9N5/c12-11-13-5-4-9(15-11)8-7-14-16-6-2-1-3-10(8)16/h1-7H,(H2,12,13,15). The van der Waals surface area contributed by atoms with Crippen molar-refractivity contribution in [3.8, 4) is 11.3 Å². The van der Waals surface area contributed by atoms with Crippen molar-refractivity contribution >= 4 is 11.5 Å². The number of fused-ring (bicyclic) bond motifs is 1. The minimum absolute atomic E-state index is 0.271. The first kappa shape index (κ1) is 8.84. The van der Waals surface area contributed by atoms with Crippen LogP contribution in [-0.4, -0.2) is 19.6 Å². The maximum absolute atomic E-state index is 5.56. The highest BCUT2D eigenvalue weighted by atomic mass is 15.2. The summed E-state index contributed by atoms with van der Waals surface area (Å²) in [6.45, 7) is 0. The van der Waals surface area contributed by atoms with E-state index in [4.69, 9.17) is 5.73 Å². The van der Waals surface area contributed by atoms with Crippen molar-refractivity contribution in [2.75, 3.05) is 5.73 Å². The van der Waals surface area contributed by atoms with Gasteiger partial charge in [0.1, 0.15) is 0 Å². The second-order valence-electron chi connectivity index (χ2n) is 3.39. The Bertz CT molecular complexity index is 643. The summed E-state index contributed by atoms with van der Waals surface area (Å²) in [7, 11) is 0. The molecule has 0 saturated heterocycles. The van der Waals surface area contributed by atoms with E-state index in [2.05, 4.69) is 15.1 Å². The van der Waals surface area contributed by atoms with E-state index in [0.717, 1.165) is 16.8 Å². The van der Waals surface area contributed by atoms with Crippen LogP contribution in [0.3, 0.4) is 0 Å². The zero-order valence-electron chi connectivity index (χ0n) is 8.41. The second kappa shape index (κ2) is 3.30. The molecule has 3 aromatic heterocycles. The number of aromatic nitrogens is 4. The Morgan fingerprint density at radius 3 is 3.00 bits per heavy atom. The van der Waals surface area contributed by atoms with Crippen LogP contribution in [0.15, 0.2) is 42.9 Å². The van der Waals surface area contributed by atoms with E-state index in [0.29, 0.717) is 0 Å². The molecule has 5 heteroatoms. The number of hydrogen-bond acceptors (Lipinski definition) is 4. The highest BCUT2D eigenvalue weighted by molar-refractivity contribution is 5.77. The number of hydrogen-bond donors (Lipinski definition) is 1. The summed E-state index contributed by atoms with van der Waals surface area (Å²) >= 11 is 0. The summed E-state index contributed by atoms with van der Waals surface area (Å²) in [4.78, 5) is 8.05. The fourth-order valence-corrected chi connectivity index (χ4v) is 1.66. The van der Waals surface area contributed by atoms with E-state index >= 15 is 0 Å². The van der Waals surface area contributed by atoms with Gasteiger partial charge in [-0.1, -0.05) is 6.07 Å². The van der Waals surface area contributed by atoms with Gasteiger partial charge in [-0.25, -0.2) is 14.5 Å². The fourth-order valence-electron chi connectivity index (χ4n) is 1.66. The molecule has 0 unspecified atom stereocenters. The monoisotopic (exact) mass is 211 g/mol. The number of nitrogen functional groups attached to an aromatic ring is 1. The van der Waals surface area contributed by atoms with Crippen LogP contribution < -0.4 is 5.73 Å². The number of nitrogens with zero attached hydrogens (tertiary/aromatic N) is 4. The summed E-state index contributed by atoms with van der Waals surface area (Å²) in [5.74, 6) is 0.271. The molecule has 3 rings (SSSR count). The maximum atomic E-state index is 5.56. The van der Waals surface area contributed by atoms with E-state index in [1.165, 1.54) is 0 Å². The third-order valence-corrected chi connectivity index (χ3v) is 2.38. The zero-order chi connectivity index (χ0) is 11.0. The minimum Gasteiger partial charge on any atom is -0.368 e. The van der Waals surface area contributed by atoms with Crippen molar-refractivity contribution in [3.63, 3.8) is 0 Å². The fraction of sp³-hybridized carbons (Fsp3) is 0. The van der Waals surface area contributed by atoms with Gasteiger partial charge in [-0.05, 0) is 18.2 Å². The van der Waals surface area contributed by atoms with E-state index < -0.39 is 0 Å². The van der Waals surface area contributed by atoms with Crippen molar-refractivity contribution in [2.45, 2.75) is 0 Å². The van der Waals surface area contributed by atoms with E-state index in [9.17, 15) is 0 Å². The zero-order valence-corrected chi connectivity index (χ0v) is 8.41. The molecule has 0 aliphatic rings. The van der Waals surface area contributed by atoms with Crippen LogP contribution in [0.25, 0.3) is 16.8 Å². The smallest absolute Gasteiger partial charge is 0.220 e. The third-order valence-electron chi connectivity index (χ3n) is 2.38. The molecule has 0 spiro atoms. The summed E-state index contributed by atoms with van der Waals surface area (Å²) in [6, 6.07) is 7.70. The van der Waals surface area contributed by atoms with Gasteiger partial charge < -0.3 is 5.73 Å². The summed E-state index contributed by atoms with van der Waals surface area (Å²) in [5, 5.41) is 4.24. The Morgan fingerprint density at radius 2 is 2.12 bits per heavy atom. The van der Waals surface area contributed by atoms with Gasteiger partial charge in [-0.2, -0.15) is 5.10 Å². The molecule has 78 valence electrons. The van der Waals surface area contributed by atoms with Gasteiger partial charge in [-0.3, -0.25) is 0 Å². The average molecular weight is 211 g/mol. The van der Waals surface area contributed by atoms with E-state index in [-0.39, 0.29) is 5.95 Å².